The molecule has 0 bridgehead atoms. The van der Waals surface area contributed by atoms with Gasteiger partial charge in [-0.05, 0) is 20.8 Å². The minimum atomic E-state index is -4.81. The fourth-order valence-corrected chi connectivity index (χ4v) is 0.823. The van der Waals surface area contributed by atoms with Crippen LogP contribution in [0.5, 0.6) is 0 Å². The van der Waals surface area contributed by atoms with Gasteiger partial charge in [0.2, 0.25) is 17.3 Å². The van der Waals surface area contributed by atoms with E-state index in [0.717, 1.165) is 20.8 Å². The third-order valence-electron chi connectivity index (χ3n) is 1.89. The molecule has 31 heavy (non-hydrogen) atoms. The quantitative estimate of drug-likeness (QED) is 0.244. The van der Waals surface area contributed by atoms with E-state index in [1.807, 2.05) is 0 Å². The first kappa shape index (κ1) is 36.7. The van der Waals surface area contributed by atoms with Gasteiger partial charge in [-0.3, -0.25) is 14.4 Å². The number of allylic oxidation sites excluding steroid dienone is 6. The molecule has 0 heterocycles. The van der Waals surface area contributed by atoms with Gasteiger partial charge in [0.15, 0.2) is 17.3 Å². The van der Waals surface area contributed by atoms with Crippen molar-refractivity contribution in [2.45, 2.75) is 39.3 Å². The van der Waals surface area contributed by atoms with Crippen LogP contribution in [0.15, 0.2) is 35.5 Å². The summed E-state index contributed by atoms with van der Waals surface area (Å²) in [4.78, 5) is 29.9. The van der Waals surface area contributed by atoms with Gasteiger partial charge in [0, 0.05) is 59.5 Å². The Balaban J connectivity index is -0.000000174. The molecule has 177 valence electrons. The van der Waals surface area contributed by atoms with Crippen molar-refractivity contribution in [1.29, 1.82) is 0 Å². The molecule has 0 atom stereocenters. The van der Waals surface area contributed by atoms with Gasteiger partial charge in [-0.15, -0.1) is 0 Å². The molecule has 0 saturated heterocycles. The number of carbonyl (C=O) groups excluding carboxylic acids is 3. The van der Waals surface area contributed by atoms with Gasteiger partial charge < -0.3 is 15.3 Å². The van der Waals surface area contributed by atoms with E-state index < -0.39 is 53.2 Å². The zero-order valence-electron chi connectivity index (χ0n) is 15.8. The van der Waals surface area contributed by atoms with E-state index in [-0.39, 0.29) is 59.5 Å². The summed E-state index contributed by atoms with van der Waals surface area (Å²) in [5.74, 6) is -8.10. The molecule has 0 saturated carbocycles. The number of ketones is 3. The average molecular weight is 603 g/mol. The van der Waals surface area contributed by atoms with Crippen molar-refractivity contribution < 1.29 is 111 Å². The molecule has 0 aromatic rings. The molecule has 0 aromatic carbocycles. The van der Waals surface area contributed by atoms with Gasteiger partial charge in [0.25, 0.3) is 0 Å². The first-order chi connectivity index (χ1) is 13.0. The fraction of sp³-hybridized carbons (Fsp3) is 0.400. The second kappa shape index (κ2) is 15.2. The number of halogens is 9. The minimum absolute atomic E-state index is 0. The Hall–Kier alpha value is -1.64. The number of rotatable bonds is 3. The van der Waals surface area contributed by atoms with E-state index >= 15 is 0 Å². The summed E-state index contributed by atoms with van der Waals surface area (Å²) in [6.45, 7) is 2.76. The van der Waals surface area contributed by atoms with E-state index in [4.69, 9.17) is 15.3 Å². The molecule has 0 rings (SSSR count). The maximum Gasteiger partial charge on any atom is 0.448 e. The molecule has 0 aliphatic rings. The number of hydrogen-bond donors (Lipinski definition) is 3. The third-order valence-corrected chi connectivity index (χ3v) is 1.89. The van der Waals surface area contributed by atoms with Crippen molar-refractivity contribution in [3.05, 3.63) is 35.5 Å². The molecule has 1 radical (unpaired) electrons. The third kappa shape index (κ3) is 24.5. The zero-order chi connectivity index (χ0) is 25.1. The van der Waals surface area contributed by atoms with Crippen LogP contribution < -0.4 is 0 Å². The SMILES string of the molecule is CC(=O)/C=C(\O)C(F)(F)F.CC(=O)/C=C(\O)C(F)(F)F.CC(=O)/C=C(\O)C(F)(F)F.[Pr]. The number of carbonyl (C=O) groups is 3. The first-order valence-electron chi connectivity index (χ1n) is 6.97. The maximum atomic E-state index is 11.3. The summed E-state index contributed by atoms with van der Waals surface area (Å²) in [6, 6.07) is 0. The number of alkyl halides is 9. The van der Waals surface area contributed by atoms with Crippen molar-refractivity contribution >= 4 is 17.3 Å². The summed E-state index contributed by atoms with van der Waals surface area (Å²) in [5, 5.41) is 24.2. The molecule has 0 spiro atoms. The Morgan fingerprint density at radius 3 is 0.677 bits per heavy atom. The average Bonchev–Trinajstić information content (AvgIpc) is 2.43. The van der Waals surface area contributed by atoms with Crippen LogP contribution in [0.25, 0.3) is 0 Å². The van der Waals surface area contributed by atoms with Crippen molar-refractivity contribution in [1.82, 2.24) is 0 Å². The summed E-state index contributed by atoms with van der Waals surface area (Å²) >= 11 is 0. The summed E-state index contributed by atoms with van der Waals surface area (Å²) in [7, 11) is 0. The summed E-state index contributed by atoms with van der Waals surface area (Å²) < 4.78 is 102. The van der Waals surface area contributed by atoms with Crippen LogP contribution in [0, 0.1) is 41.3 Å². The van der Waals surface area contributed by atoms with Gasteiger partial charge in [0.05, 0.1) is 0 Å². The molecule has 0 aromatic heterocycles. The largest absolute Gasteiger partial charge is 0.504 e. The monoisotopic (exact) mass is 603 g/mol. The molecular formula is C15H15F9O6Pr. The van der Waals surface area contributed by atoms with Gasteiger partial charge >= 0.3 is 18.5 Å². The van der Waals surface area contributed by atoms with Crippen LogP contribution in [0.3, 0.4) is 0 Å². The second-order valence-electron chi connectivity index (χ2n) is 4.91. The molecule has 0 unspecified atom stereocenters. The predicted molar refractivity (Wildman–Crippen MR) is 82.3 cm³/mol. The van der Waals surface area contributed by atoms with E-state index in [9.17, 15) is 53.9 Å². The van der Waals surface area contributed by atoms with Gasteiger partial charge in [-0.25, -0.2) is 0 Å². The molecule has 6 nitrogen and oxygen atoms in total. The van der Waals surface area contributed by atoms with Crippen LogP contribution >= 0.6 is 0 Å². The van der Waals surface area contributed by atoms with Crippen molar-refractivity contribution in [3.8, 4) is 0 Å². The van der Waals surface area contributed by atoms with Crippen molar-refractivity contribution in [2.24, 2.45) is 0 Å². The molecule has 0 aliphatic heterocycles. The Bertz CT molecular complexity index is 606. The molecule has 3 N–H and O–H groups in total. The maximum absolute atomic E-state index is 11.3. The first-order valence-corrected chi connectivity index (χ1v) is 6.97. The van der Waals surface area contributed by atoms with Crippen LogP contribution in [0.1, 0.15) is 20.8 Å². The van der Waals surface area contributed by atoms with Crippen LogP contribution in [-0.4, -0.2) is 51.2 Å². The van der Waals surface area contributed by atoms with Crippen LogP contribution in [-0.2, 0) is 14.4 Å². The Kier molecular flexibility index (Phi) is 18.0. The Morgan fingerprint density at radius 1 is 0.516 bits per heavy atom. The second-order valence-corrected chi connectivity index (χ2v) is 4.91. The topological polar surface area (TPSA) is 112 Å². The normalized spacial score (nSPS) is 13.0. The van der Waals surface area contributed by atoms with Crippen molar-refractivity contribution in [2.75, 3.05) is 0 Å². The van der Waals surface area contributed by atoms with E-state index in [1.165, 1.54) is 0 Å². The van der Waals surface area contributed by atoms with Crippen LogP contribution in [0.2, 0.25) is 0 Å². The minimum Gasteiger partial charge on any atom is -0.504 e. The predicted octanol–water partition coefficient (Wildman–Crippen LogP) is 4.74. The molecule has 0 fully saturated rings. The standard InChI is InChI=1S/3C5H5F3O2.Pr/c3*1-3(9)2-4(10)5(6,7)8;/h3*2,10H,1H3;/b3*4-2-;. The molecule has 16 heteroatoms. The molecule has 0 aliphatic carbocycles. The van der Waals surface area contributed by atoms with Gasteiger partial charge in [0.1, 0.15) is 0 Å². The Morgan fingerprint density at radius 2 is 0.645 bits per heavy atom. The van der Waals surface area contributed by atoms with E-state index in [2.05, 4.69) is 0 Å². The van der Waals surface area contributed by atoms with Crippen molar-refractivity contribution in [3.63, 3.8) is 0 Å². The van der Waals surface area contributed by atoms with Gasteiger partial charge in [-0.2, -0.15) is 39.5 Å². The molecular weight excluding hydrogens is 588 g/mol. The Labute approximate surface area is 202 Å². The van der Waals surface area contributed by atoms with Crippen LogP contribution in [0.4, 0.5) is 39.5 Å². The molecule has 0 amide bonds. The number of aliphatic hydroxyl groups excluding tert-OH is 3. The summed E-state index contributed by atoms with van der Waals surface area (Å²) in [5.41, 5.74) is 0. The fourth-order valence-electron chi connectivity index (χ4n) is 0.823. The van der Waals surface area contributed by atoms with Gasteiger partial charge in [-0.1, -0.05) is 0 Å². The smallest absolute Gasteiger partial charge is 0.448 e. The zero-order valence-corrected chi connectivity index (χ0v) is 19.5. The summed E-state index contributed by atoms with van der Waals surface area (Å²) in [6.07, 6.45) is -14.1. The van der Waals surface area contributed by atoms with E-state index in [0.29, 0.717) is 0 Å². The number of hydrogen-bond acceptors (Lipinski definition) is 6. The van der Waals surface area contributed by atoms with E-state index in [1.54, 1.807) is 0 Å². The number of aliphatic hydroxyl groups is 3.